The first-order chi connectivity index (χ1) is 5.83. The minimum Gasteiger partial charge on any atom is -0.359 e. The summed E-state index contributed by atoms with van der Waals surface area (Å²) in [6.07, 6.45) is 2.17. The maximum atomic E-state index is 5.79. The molecule has 0 fully saturated rings. The van der Waals surface area contributed by atoms with Gasteiger partial charge in [-0.25, -0.2) is 0 Å². The van der Waals surface area contributed by atoms with E-state index in [9.17, 15) is 0 Å². The van der Waals surface area contributed by atoms with Gasteiger partial charge >= 0.3 is 0 Å². The van der Waals surface area contributed by atoms with Crippen molar-refractivity contribution in [3.8, 4) is 0 Å². The number of hydrogen-bond donors (Lipinski definition) is 2. The van der Waals surface area contributed by atoms with Crippen LogP contribution in [0, 0.1) is 0 Å². The fraction of sp³-hybridized carbons (Fsp3) is 0.714. The summed E-state index contributed by atoms with van der Waals surface area (Å²) in [5, 5.41) is 11.5. The van der Waals surface area contributed by atoms with Gasteiger partial charge in [0, 0.05) is 12.6 Å². The van der Waals surface area contributed by atoms with Crippen LogP contribution >= 0.6 is 11.3 Å². The lowest BCUT2D eigenvalue weighted by Crippen LogP contribution is -2.28. The monoisotopic (exact) mass is 186 g/mol. The number of rotatable bonds is 5. The lowest BCUT2D eigenvalue weighted by molar-refractivity contribution is 0.626. The highest BCUT2D eigenvalue weighted by molar-refractivity contribution is 7.13. The largest absolute Gasteiger partial charge is 0.359 e. The molecule has 0 aliphatic carbocycles. The highest BCUT2D eigenvalue weighted by atomic mass is 32.1. The van der Waals surface area contributed by atoms with E-state index in [4.69, 9.17) is 5.73 Å². The molecule has 1 heterocycles. The van der Waals surface area contributed by atoms with Crippen molar-refractivity contribution in [2.45, 2.75) is 25.8 Å². The first kappa shape index (κ1) is 9.41. The molecule has 0 amide bonds. The molecule has 1 atom stereocenters. The first-order valence-corrected chi connectivity index (χ1v) is 4.96. The number of hydrogen-bond acceptors (Lipinski definition) is 5. The molecule has 5 heteroatoms. The Hall–Kier alpha value is -0.680. The molecule has 0 radical (unpaired) electrons. The first-order valence-electron chi connectivity index (χ1n) is 4.08. The third-order valence-corrected chi connectivity index (χ3v) is 2.18. The van der Waals surface area contributed by atoms with Crippen molar-refractivity contribution >= 4 is 16.5 Å². The van der Waals surface area contributed by atoms with Gasteiger partial charge in [0.05, 0.1) is 0 Å². The summed E-state index contributed by atoms with van der Waals surface area (Å²) in [7, 11) is 0. The van der Waals surface area contributed by atoms with Gasteiger partial charge in [0.25, 0.3) is 0 Å². The van der Waals surface area contributed by atoms with Crippen molar-refractivity contribution in [2.24, 2.45) is 5.73 Å². The molecule has 68 valence electrons. The van der Waals surface area contributed by atoms with Crippen LogP contribution in [-0.2, 0) is 0 Å². The molecule has 4 nitrogen and oxygen atoms in total. The van der Waals surface area contributed by atoms with E-state index in [1.165, 1.54) is 11.3 Å². The number of nitrogens with zero attached hydrogens (tertiary/aromatic N) is 2. The van der Waals surface area contributed by atoms with Gasteiger partial charge in [-0.1, -0.05) is 24.7 Å². The van der Waals surface area contributed by atoms with Crippen LogP contribution in [0.5, 0.6) is 0 Å². The number of nitrogens with two attached hydrogens (primary N) is 1. The molecule has 0 saturated carbocycles. The zero-order chi connectivity index (χ0) is 8.81. The summed E-state index contributed by atoms with van der Waals surface area (Å²) in [6.45, 7) is 2.91. The van der Waals surface area contributed by atoms with Crippen molar-refractivity contribution in [3.63, 3.8) is 0 Å². The highest BCUT2D eigenvalue weighted by Crippen LogP contribution is 2.07. The Balaban J connectivity index is 2.17. The maximum Gasteiger partial charge on any atom is 0.205 e. The van der Waals surface area contributed by atoms with E-state index < -0.39 is 0 Å². The van der Waals surface area contributed by atoms with Crippen molar-refractivity contribution < 1.29 is 0 Å². The van der Waals surface area contributed by atoms with Crippen molar-refractivity contribution in [3.05, 3.63) is 5.51 Å². The smallest absolute Gasteiger partial charge is 0.205 e. The van der Waals surface area contributed by atoms with E-state index in [1.807, 2.05) is 0 Å². The molecule has 0 saturated heterocycles. The maximum absolute atomic E-state index is 5.79. The van der Waals surface area contributed by atoms with E-state index in [0.717, 1.165) is 24.5 Å². The molecule has 1 unspecified atom stereocenters. The average molecular weight is 186 g/mol. The predicted octanol–water partition coefficient (Wildman–Crippen LogP) is 1.08. The van der Waals surface area contributed by atoms with Crippen LogP contribution < -0.4 is 11.1 Å². The summed E-state index contributed by atoms with van der Waals surface area (Å²) in [5.41, 5.74) is 7.50. The Kier molecular flexibility index (Phi) is 3.96. The molecule has 12 heavy (non-hydrogen) atoms. The molecule has 3 N–H and O–H groups in total. The summed E-state index contributed by atoms with van der Waals surface area (Å²) in [6, 6.07) is 0.221. The number of aromatic nitrogens is 2. The van der Waals surface area contributed by atoms with Crippen molar-refractivity contribution in [1.82, 2.24) is 10.2 Å². The standard InChI is InChI=1S/C7H14N4S/c1-2-3-6(8)4-9-7-11-10-5-12-7/h5-6H,2-4,8H2,1H3,(H,9,11). The van der Waals surface area contributed by atoms with Gasteiger partial charge < -0.3 is 11.1 Å². The average Bonchev–Trinajstić information content (AvgIpc) is 2.53. The third kappa shape index (κ3) is 3.15. The Bertz CT molecular complexity index is 199. The van der Waals surface area contributed by atoms with Crippen molar-refractivity contribution in [2.75, 3.05) is 11.9 Å². The van der Waals surface area contributed by atoms with Crippen LogP contribution in [0.25, 0.3) is 0 Å². The van der Waals surface area contributed by atoms with Crippen LogP contribution in [-0.4, -0.2) is 22.8 Å². The van der Waals surface area contributed by atoms with E-state index >= 15 is 0 Å². The molecule has 1 rings (SSSR count). The van der Waals surface area contributed by atoms with Crippen LogP contribution in [0.3, 0.4) is 0 Å². The van der Waals surface area contributed by atoms with Crippen LogP contribution in [0.15, 0.2) is 5.51 Å². The molecule has 0 aliphatic heterocycles. The molecule has 0 bridgehead atoms. The zero-order valence-electron chi connectivity index (χ0n) is 7.16. The SMILES string of the molecule is CCCC(N)CNc1nncs1. The quantitative estimate of drug-likeness (QED) is 0.722. The van der Waals surface area contributed by atoms with Gasteiger partial charge in [-0.05, 0) is 6.42 Å². The van der Waals surface area contributed by atoms with Gasteiger partial charge in [-0.15, -0.1) is 10.2 Å². The summed E-state index contributed by atoms with van der Waals surface area (Å²) >= 11 is 1.49. The highest BCUT2D eigenvalue weighted by Gasteiger charge is 2.01. The number of anilines is 1. The van der Waals surface area contributed by atoms with Gasteiger partial charge in [0.1, 0.15) is 5.51 Å². The Morgan fingerprint density at radius 1 is 1.75 bits per heavy atom. The third-order valence-electron chi connectivity index (χ3n) is 1.53. The fourth-order valence-electron chi connectivity index (χ4n) is 0.941. The lowest BCUT2D eigenvalue weighted by atomic mass is 10.2. The predicted molar refractivity (Wildman–Crippen MR) is 51.3 cm³/mol. The van der Waals surface area contributed by atoms with E-state index in [1.54, 1.807) is 5.51 Å². The van der Waals surface area contributed by atoms with E-state index in [-0.39, 0.29) is 6.04 Å². The van der Waals surface area contributed by atoms with Gasteiger partial charge in [-0.3, -0.25) is 0 Å². The fourth-order valence-corrected chi connectivity index (χ4v) is 1.40. The zero-order valence-corrected chi connectivity index (χ0v) is 7.97. The Morgan fingerprint density at radius 3 is 3.17 bits per heavy atom. The van der Waals surface area contributed by atoms with E-state index in [0.29, 0.717) is 0 Å². The van der Waals surface area contributed by atoms with E-state index in [2.05, 4.69) is 22.4 Å². The van der Waals surface area contributed by atoms with Gasteiger partial charge in [-0.2, -0.15) is 0 Å². The van der Waals surface area contributed by atoms with Gasteiger partial charge in [0.15, 0.2) is 0 Å². The number of nitrogens with one attached hydrogen (secondary N) is 1. The lowest BCUT2D eigenvalue weighted by Gasteiger charge is -2.09. The molecular weight excluding hydrogens is 172 g/mol. The minimum atomic E-state index is 0.221. The Morgan fingerprint density at radius 2 is 2.58 bits per heavy atom. The molecule has 1 aromatic rings. The molecule has 0 aromatic carbocycles. The van der Waals surface area contributed by atoms with Crippen LogP contribution in [0.1, 0.15) is 19.8 Å². The second-order valence-corrected chi connectivity index (χ2v) is 3.51. The Labute approximate surface area is 76.2 Å². The second-order valence-electron chi connectivity index (χ2n) is 2.67. The topological polar surface area (TPSA) is 63.8 Å². The molecule has 0 spiro atoms. The molecule has 0 aliphatic rings. The summed E-state index contributed by atoms with van der Waals surface area (Å²) < 4.78 is 0. The second kappa shape index (κ2) is 5.05. The normalized spacial score (nSPS) is 12.8. The summed E-state index contributed by atoms with van der Waals surface area (Å²) in [4.78, 5) is 0. The molecular formula is C7H14N4S. The summed E-state index contributed by atoms with van der Waals surface area (Å²) in [5.74, 6) is 0. The van der Waals surface area contributed by atoms with Gasteiger partial charge in [0.2, 0.25) is 5.13 Å². The molecule has 1 aromatic heterocycles. The van der Waals surface area contributed by atoms with Crippen molar-refractivity contribution in [1.29, 1.82) is 0 Å². The van der Waals surface area contributed by atoms with Crippen LogP contribution in [0.2, 0.25) is 0 Å². The minimum absolute atomic E-state index is 0.221. The van der Waals surface area contributed by atoms with Crippen LogP contribution in [0.4, 0.5) is 5.13 Å².